The first kappa shape index (κ1) is 46.4. The van der Waals surface area contributed by atoms with E-state index in [9.17, 15) is 9.18 Å². The van der Waals surface area contributed by atoms with Crippen LogP contribution in [-0.4, -0.2) is 5.78 Å². The van der Waals surface area contributed by atoms with E-state index in [2.05, 4.69) is 13.8 Å². The van der Waals surface area contributed by atoms with Crippen molar-refractivity contribution in [2.45, 2.75) is 239 Å². The monoisotopic (exact) mass is 725 g/mol. The Morgan fingerprint density at radius 1 is 0.462 bits per heavy atom. The van der Waals surface area contributed by atoms with Gasteiger partial charge in [0.25, 0.3) is 0 Å². The Bertz CT molecular complexity index is 1020. The summed E-state index contributed by atoms with van der Waals surface area (Å²) in [5, 5.41) is 0. The number of carbonyl (C=O) groups excluding carboxylic acids is 1. The maximum Gasteiger partial charge on any atom is 0.189 e. The minimum absolute atomic E-state index is 0.0370. The van der Waals surface area contributed by atoms with E-state index < -0.39 is 5.41 Å². The maximum atomic E-state index is 15.8. The van der Waals surface area contributed by atoms with Crippen molar-refractivity contribution in [2.75, 3.05) is 0 Å². The van der Waals surface area contributed by atoms with Gasteiger partial charge in [0.05, 0.1) is 0 Å². The van der Waals surface area contributed by atoms with Crippen LogP contribution in [0.25, 0.3) is 0 Å². The van der Waals surface area contributed by atoms with Gasteiger partial charge in [0.1, 0.15) is 11.6 Å². The third-order valence-electron chi connectivity index (χ3n) is 11.9. The summed E-state index contributed by atoms with van der Waals surface area (Å²) in [4.78, 5) is 13.4. The average molecular weight is 725 g/mol. The summed E-state index contributed by atoms with van der Waals surface area (Å²) in [6.07, 6.45) is 47.8. The molecule has 0 heterocycles. The van der Waals surface area contributed by atoms with Gasteiger partial charge in [0, 0.05) is 16.6 Å². The molecule has 1 aliphatic carbocycles. The first-order valence-electron chi connectivity index (χ1n) is 22.9. The molecule has 0 unspecified atom stereocenters. The molecule has 0 fully saturated rings. The van der Waals surface area contributed by atoms with Crippen LogP contribution in [0.3, 0.4) is 0 Å². The Hall–Kier alpha value is -1.77. The lowest BCUT2D eigenvalue weighted by Gasteiger charge is -2.36. The van der Waals surface area contributed by atoms with Gasteiger partial charge in [-0.05, 0) is 49.6 Å². The second-order valence-corrected chi connectivity index (χ2v) is 16.6. The van der Waals surface area contributed by atoms with Crippen molar-refractivity contribution in [1.82, 2.24) is 0 Å². The molecular weight excluding hydrogens is 643 g/mol. The molecule has 1 aromatic rings. The first-order valence-corrected chi connectivity index (χ1v) is 22.9. The number of carbonyl (C=O) groups is 1. The lowest BCUT2D eigenvalue weighted by Crippen LogP contribution is -2.27. The fourth-order valence-electron chi connectivity index (χ4n) is 8.36. The van der Waals surface area contributed by atoms with Crippen LogP contribution in [0.5, 0.6) is 0 Å². The van der Waals surface area contributed by atoms with Crippen molar-refractivity contribution >= 4 is 5.78 Å². The third-order valence-corrected chi connectivity index (χ3v) is 11.9. The van der Waals surface area contributed by atoms with Crippen molar-refractivity contribution in [2.24, 2.45) is 5.41 Å². The Labute approximate surface area is 321 Å². The molecule has 1 aromatic carbocycles. The summed E-state index contributed by atoms with van der Waals surface area (Å²) in [7, 11) is 0. The van der Waals surface area contributed by atoms with Gasteiger partial charge >= 0.3 is 0 Å². The van der Waals surface area contributed by atoms with E-state index in [1.807, 2.05) is 0 Å². The second kappa shape index (κ2) is 31.6. The predicted octanol–water partition coefficient (Wildman–Crippen LogP) is 17.5. The minimum atomic E-state index is -0.578. The highest BCUT2D eigenvalue weighted by Crippen LogP contribution is 2.47. The van der Waals surface area contributed by atoms with E-state index in [0.717, 1.165) is 38.5 Å². The molecule has 0 spiro atoms. The molecule has 0 radical (unpaired) electrons. The van der Waals surface area contributed by atoms with E-state index in [0.29, 0.717) is 17.6 Å². The summed E-state index contributed by atoms with van der Waals surface area (Å²) >= 11 is 0. The molecule has 1 aliphatic rings. The summed E-state index contributed by atoms with van der Waals surface area (Å²) in [5.74, 6) is -0.474. The van der Waals surface area contributed by atoms with Crippen LogP contribution in [0.4, 0.5) is 8.78 Å². The molecule has 1 nitrogen and oxygen atoms in total. The van der Waals surface area contributed by atoms with Crippen LogP contribution in [-0.2, 0) is 0 Å². The Morgan fingerprint density at radius 2 is 0.769 bits per heavy atom. The first-order chi connectivity index (χ1) is 25.5. The molecule has 0 saturated heterocycles. The smallest absolute Gasteiger partial charge is 0.189 e. The number of hydrogen-bond donors (Lipinski definition) is 0. The molecule has 0 N–H and O–H groups in total. The van der Waals surface area contributed by atoms with Crippen LogP contribution in [0.2, 0.25) is 0 Å². The zero-order valence-corrected chi connectivity index (χ0v) is 34.4. The highest BCUT2D eigenvalue weighted by Gasteiger charge is 2.38. The van der Waals surface area contributed by atoms with Crippen molar-refractivity contribution in [3.63, 3.8) is 0 Å². The minimum Gasteiger partial charge on any atom is -0.289 e. The molecule has 3 heteroatoms. The molecule has 52 heavy (non-hydrogen) atoms. The average Bonchev–Trinajstić information content (AvgIpc) is 3.15. The van der Waals surface area contributed by atoms with E-state index in [1.165, 1.54) is 192 Å². The van der Waals surface area contributed by atoms with Gasteiger partial charge in [-0.15, -0.1) is 0 Å². The lowest BCUT2D eigenvalue weighted by molar-refractivity contribution is 0.101. The van der Waals surface area contributed by atoms with Gasteiger partial charge in [0.15, 0.2) is 5.78 Å². The largest absolute Gasteiger partial charge is 0.289 e. The van der Waals surface area contributed by atoms with Crippen LogP contribution in [0.1, 0.15) is 249 Å². The SMILES string of the molecule is CCCCCCCCCCCCCCCCCCC1(CCCCCCCCCCCCCCCCCC)CC(C(=O)c2ccc(F)cc2)=CC=C1F. The Morgan fingerprint density at radius 3 is 1.10 bits per heavy atom. The van der Waals surface area contributed by atoms with E-state index in [1.54, 1.807) is 24.3 Å². The standard InChI is InChI=1S/C49H82F2O/c1-3-5-7-9-11-13-15-17-19-21-23-25-27-29-31-33-41-49(43-45(37-40-47(49)51)48(52)44-35-38-46(50)39-36-44)42-34-32-30-28-26-24-22-20-18-16-14-12-10-8-6-4-2/h35-40H,3-34,41-43H2,1-2H3. The van der Waals surface area contributed by atoms with Crippen LogP contribution < -0.4 is 0 Å². The second-order valence-electron chi connectivity index (χ2n) is 16.6. The van der Waals surface area contributed by atoms with Crippen molar-refractivity contribution in [3.05, 3.63) is 59.2 Å². The molecule has 2 rings (SSSR count). The number of rotatable bonds is 36. The van der Waals surface area contributed by atoms with Gasteiger partial charge in [-0.3, -0.25) is 4.79 Å². The quantitative estimate of drug-likeness (QED) is 0.0497. The Kier molecular flexibility index (Phi) is 28.2. The fourth-order valence-corrected chi connectivity index (χ4v) is 8.36. The topological polar surface area (TPSA) is 17.1 Å². The molecule has 0 aromatic heterocycles. The number of Topliss-reactive ketones (excluding diaryl/α,β-unsaturated/α-hetero) is 1. The van der Waals surface area contributed by atoms with Crippen molar-refractivity contribution < 1.29 is 13.6 Å². The van der Waals surface area contributed by atoms with E-state index >= 15 is 4.39 Å². The van der Waals surface area contributed by atoms with Gasteiger partial charge in [-0.1, -0.05) is 225 Å². The summed E-state index contributed by atoms with van der Waals surface area (Å²) in [5.41, 5.74) is 0.578. The molecule has 0 bridgehead atoms. The van der Waals surface area contributed by atoms with E-state index in [4.69, 9.17) is 0 Å². The summed E-state index contributed by atoms with van der Waals surface area (Å²) < 4.78 is 29.4. The van der Waals surface area contributed by atoms with Crippen LogP contribution >= 0.6 is 0 Å². The third kappa shape index (κ3) is 21.8. The molecule has 0 aliphatic heterocycles. The maximum absolute atomic E-state index is 15.8. The number of benzene rings is 1. The number of hydrogen-bond acceptors (Lipinski definition) is 1. The van der Waals surface area contributed by atoms with Gasteiger partial charge in [0.2, 0.25) is 0 Å². The van der Waals surface area contributed by atoms with E-state index in [-0.39, 0.29) is 17.4 Å². The molecule has 0 saturated carbocycles. The van der Waals surface area contributed by atoms with Crippen molar-refractivity contribution in [3.8, 4) is 0 Å². The Balaban J connectivity index is 1.68. The number of allylic oxidation sites excluding steroid dienone is 4. The van der Waals surface area contributed by atoms with Crippen LogP contribution in [0.15, 0.2) is 47.8 Å². The number of halogens is 2. The molecular formula is C49H82F2O. The fraction of sp³-hybridized carbons (Fsp3) is 0.776. The summed E-state index contributed by atoms with van der Waals surface area (Å²) in [6, 6.07) is 5.79. The normalized spacial score (nSPS) is 14.1. The van der Waals surface area contributed by atoms with Crippen LogP contribution in [0, 0.1) is 11.2 Å². The van der Waals surface area contributed by atoms with Gasteiger partial charge in [-0.25, -0.2) is 8.78 Å². The van der Waals surface area contributed by atoms with Gasteiger partial charge < -0.3 is 0 Å². The molecule has 0 atom stereocenters. The zero-order chi connectivity index (χ0) is 37.4. The number of unbranched alkanes of at least 4 members (excludes halogenated alkanes) is 30. The molecule has 298 valence electrons. The highest BCUT2D eigenvalue weighted by molar-refractivity contribution is 6.09. The lowest BCUT2D eigenvalue weighted by atomic mass is 9.69. The summed E-state index contributed by atoms with van der Waals surface area (Å²) in [6.45, 7) is 4.57. The highest BCUT2D eigenvalue weighted by atomic mass is 19.1. The van der Waals surface area contributed by atoms with Crippen molar-refractivity contribution in [1.29, 1.82) is 0 Å². The number of ketones is 1. The zero-order valence-electron chi connectivity index (χ0n) is 34.4. The van der Waals surface area contributed by atoms with Gasteiger partial charge in [-0.2, -0.15) is 0 Å². The molecule has 0 amide bonds. The predicted molar refractivity (Wildman–Crippen MR) is 223 cm³/mol.